The number of hydrogen-bond donors (Lipinski definition) is 1. The predicted octanol–water partition coefficient (Wildman–Crippen LogP) is 2.80. The topological polar surface area (TPSA) is 64.6 Å². The van der Waals surface area contributed by atoms with Gasteiger partial charge in [-0.1, -0.05) is 19.1 Å². The molecule has 0 bridgehead atoms. The summed E-state index contributed by atoms with van der Waals surface area (Å²) in [6.45, 7) is 7.41. The quantitative estimate of drug-likeness (QED) is 0.636. The summed E-state index contributed by atoms with van der Waals surface area (Å²) in [7, 11) is 1.32. The van der Waals surface area contributed by atoms with Gasteiger partial charge in [-0.15, -0.1) is 0 Å². The van der Waals surface area contributed by atoms with Crippen molar-refractivity contribution in [3.05, 3.63) is 12.2 Å². The summed E-state index contributed by atoms with van der Waals surface area (Å²) in [5, 5.41) is 2.61. The van der Waals surface area contributed by atoms with Crippen molar-refractivity contribution < 1.29 is 19.1 Å². The minimum absolute atomic E-state index is 0.0894. The van der Waals surface area contributed by atoms with Gasteiger partial charge in [0.25, 0.3) is 0 Å². The largest absolute Gasteiger partial charge is 0.467 e. The number of carbonyl (C=O) groups is 2. The number of allylic oxidation sites excluding steroid dienone is 2. The molecule has 0 saturated carbocycles. The van der Waals surface area contributed by atoms with Crippen LogP contribution in [0.15, 0.2) is 12.2 Å². The highest BCUT2D eigenvalue weighted by atomic mass is 16.6. The molecule has 0 radical (unpaired) electrons. The number of carbonyl (C=O) groups excluding carboxylic acids is 2. The molecule has 1 N–H and O–H groups in total. The van der Waals surface area contributed by atoms with E-state index in [1.165, 1.54) is 7.11 Å². The van der Waals surface area contributed by atoms with Crippen molar-refractivity contribution in [1.82, 2.24) is 5.32 Å². The Hall–Kier alpha value is -1.52. The Balaban J connectivity index is 2.68. The fourth-order valence-electron chi connectivity index (χ4n) is 2.29. The molecule has 0 spiro atoms. The first-order valence-corrected chi connectivity index (χ1v) is 6.90. The van der Waals surface area contributed by atoms with Crippen LogP contribution < -0.4 is 5.32 Å². The Bertz CT molecular complexity index is 397. The average molecular weight is 283 g/mol. The van der Waals surface area contributed by atoms with Gasteiger partial charge in [0.05, 0.1) is 7.11 Å². The molecule has 2 atom stereocenters. The fourth-order valence-corrected chi connectivity index (χ4v) is 2.29. The highest BCUT2D eigenvalue weighted by molar-refractivity contribution is 5.81. The number of nitrogens with one attached hydrogen (secondary N) is 1. The third kappa shape index (κ3) is 5.23. The van der Waals surface area contributed by atoms with E-state index in [1.807, 2.05) is 0 Å². The zero-order valence-electron chi connectivity index (χ0n) is 13.0. The summed E-state index contributed by atoms with van der Waals surface area (Å²) < 4.78 is 9.95. The van der Waals surface area contributed by atoms with Gasteiger partial charge >= 0.3 is 12.1 Å². The second kappa shape index (κ2) is 6.29. The van der Waals surface area contributed by atoms with Crippen LogP contribution in [0.4, 0.5) is 4.79 Å². The lowest BCUT2D eigenvalue weighted by Gasteiger charge is -2.28. The monoisotopic (exact) mass is 283 g/mol. The van der Waals surface area contributed by atoms with Gasteiger partial charge in [0, 0.05) is 0 Å². The lowest BCUT2D eigenvalue weighted by molar-refractivity contribution is -0.143. The standard InChI is InChI=1S/C15H25NO4/c1-14(2,3)20-13(18)16-11(12(17)19-5)10-15(4)8-6-7-9-15/h6,8,11H,7,9-10H2,1-5H3,(H,16,18). The second-order valence-corrected chi connectivity index (χ2v) is 6.52. The Morgan fingerprint density at radius 3 is 2.50 bits per heavy atom. The Labute approximate surface area is 120 Å². The average Bonchev–Trinajstić information content (AvgIpc) is 2.71. The molecule has 1 rings (SSSR count). The van der Waals surface area contributed by atoms with Gasteiger partial charge in [-0.25, -0.2) is 9.59 Å². The highest BCUT2D eigenvalue weighted by Crippen LogP contribution is 2.36. The number of alkyl carbamates (subject to hydrolysis) is 1. The number of methoxy groups -OCH3 is 1. The van der Waals surface area contributed by atoms with Crippen molar-refractivity contribution in [2.24, 2.45) is 5.41 Å². The Morgan fingerprint density at radius 2 is 2.05 bits per heavy atom. The van der Waals surface area contributed by atoms with E-state index >= 15 is 0 Å². The summed E-state index contributed by atoms with van der Waals surface area (Å²) in [4.78, 5) is 23.6. The van der Waals surface area contributed by atoms with Crippen LogP contribution in [0.25, 0.3) is 0 Å². The van der Waals surface area contributed by atoms with Crippen LogP contribution in [0.1, 0.15) is 47.0 Å². The van der Waals surface area contributed by atoms with Gasteiger partial charge in [0.15, 0.2) is 0 Å². The molecule has 114 valence electrons. The number of amides is 1. The molecule has 5 nitrogen and oxygen atoms in total. The number of ether oxygens (including phenoxy) is 2. The van der Waals surface area contributed by atoms with Gasteiger partial charge < -0.3 is 14.8 Å². The van der Waals surface area contributed by atoms with Crippen LogP contribution in [0, 0.1) is 5.41 Å². The first kappa shape index (κ1) is 16.5. The molecule has 20 heavy (non-hydrogen) atoms. The summed E-state index contributed by atoms with van der Waals surface area (Å²) in [5.41, 5.74) is -0.685. The van der Waals surface area contributed by atoms with Gasteiger partial charge in [-0.2, -0.15) is 0 Å². The van der Waals surface area contributed by atoms with E-state index in [0.717, 1.165) is 12.8 Å². The number of hydrogen-bond acceptors (Lipinski definition) is 4. The minimum Gasteiger partial charge on any atom is -0.467 e. The summed E-state index contributed by atoms with van der Waals surface area (Å²) in [6, 6.07) is -0.692. The molecule has 0 saturated heterocycles. The van der Waals surface area contributed by atoms with Crippen molar-refractivity contribution in [1.29, 1.82) is 0 Å². The maximum absolute atomic E-state index is 11.8. The molecule has 2 unspecified atom stereocenters. The zero-order valence-corrected chi connectivity index (χ0v) is 13.0. The van der Waals surface area contributed by atoms with Crippen molar-refractivity contribution >= 4 is 12.1 Å². The first-order chi connectivity index (χ1) is 9.15. The third-order valence-electron chi connectivity index (χ3n) is 3.25. The van der Waals surface area contributed by atoms with E-state index in [4.69, 9.17) is 9.47 Å². The SMILES string of the molecule is COC(=O)C(CC1(C)C=CCC1)NC(=O)OC(C)(C)C. The third-order valence-corrected chi connectivity index (χ3v) is 3.25. The van der Waals surface area contributed by atoms with Crippen LogP contribution in [0.2, 0.25) is 0 Å². The molecule has 0 aliphatic heterocycles. The molecule has 1 amide bonds. The van der Waals surface area contributed by atoms with Crippen molar-refractivity contribution in [3.63, 3.8) is 0 Å². The number of rotatable bonds is 4. The molecule has 1 aliphatic rings. The summed E-state index contributed by atoms with van der Waals surface area (Å²) in [6.07, 6.45) is 6.07. The van der Waals surface area contributed by atoms with E-state index in [1.54, 1.807) is 20.8 Å². The maximum Gasteiger partial charge on any atom is 0.408 e. The van der Waals surface area contributed by atoms with Crippen LogP contribution in [-0.2, 0) is 14.3 Å². The number of esters is 1. The van der Waals surface area contributed by atoms with Gasteiger partial charge in [-0.3, -0.25) is 0 Å². The minimum atomic E-state index is -0.692. The normalized spacial score (nSPS) is 23.2. The first-order valence-electron chi connectivity index (χ1n) is 6.90. The van der Waals surface area contributed by atoms with Crippen molar-refractivity contribution in [3.8, 4) is 0 Å². The lowest BCUT2D eigenvalue weighted by atomic mass is 9.83. The molecule has 5 heteroatoms. The van der Waals surface area contributed by atoms with Gasteiger partial charge in [-0.05, 0) is 45.4 Å². The summed E-state index contributed by atoms with van der Waals surface area (Å²) in [5.74, 6) is -0.447. The molecule has 0 heterocycles. The molecule has 0 fully saturated rings. The molecule has 0 aromatic carbocycles. The zero-order chi connectivity index (χ0) is 15.4. The van der Waals surface area contributed by atoms with E-state index in [-0.39, 0.29) is 5.41 Å². The Kier molecular flexibility index (Phi) is 5.20. The molecular formula is C15H25NO4. The van der Waals surface area contributed by atoms with Crippen LogP contribution >= 0.6 is 0 Å². The molecule has 0 aromatic rings. The van der Waals surface area contributed by atoms with E-state index < -0.39 is 23.7 Å². The fraction of sp³-hybridized carbons (Fsp3) is 0.733. The second-order valence-electron chi connectivity index (χ2n) is 6.52. The maximum atomic E-state index is 11.8. The van der Waals surface area contributed by atoms with Gasteiger partial charge in [0.2, 0.25) is 0 Å². The van der Waals surface area contributed by atoms with Crippen LogP contribution in [0.3, 0.4) is 0 Å². The van der Waals surface area contributed by atoms with Crippen molar-refractivity contribution in [2.75, 3.05) is 7.11 Å². The predicted molar refractivity (Wildman–Crippen MR) is 76.3 cm³/mol. The highest BCUT2D eigenvalue weighted by Gasteiger charge is 2.33. The molecular weight excluding hydrogens is 258 g/mol. The van der Waals surface area contributed by atoms with E-state index in [9.17, 15) is 9.59 Å². The molecule has 0 aromatic heterocycles. The molecule has 1 aliphatic carbocycles. The van der Waals surface area contributed by atoms with E-state index in [2.05, 4.69) is 24.4 Å². The van der Waals surface area contributed by atoms with Crippen LogP contribution in [0.5, 0.6) is 0 Å². The van der Waals surface area contributed by atoms with E-state index in [0.29, 0.717) is 6.42 Å². The van der Waals surface area contributed by atoms with Gasteiger partial charge in [0.1, 0.15) is 11.6 Å². The van der Waals surface area contributed by atoms with Crippen molar-refractivity contribution in [2.45, 2.75) is 58.6 Å². The summed E-state index contributed by atoms with van der Waals surface area (Å²) >= 11 is 0. The Morgan fingerprint density at radius 1 is 1.40 bits per heavy atom. The smallest absolute Gasteiger partial charge is 0.408 e. The lowest BCUT2D eigenvalue weighted by Crippen LogP contribution is -2.46. The van der Waals surface area contributed by atoms with Crippen LogP contribution in [-0.4, -0.2) is 30.8 Å².